The third-order valence-corrected chi connectivity index (χ3v) is 4.52. The molecule has 0 N–H and O–H groups in total. The summed E-state index contributed by atoms with van der Waals surface area (Å²) >= 11 is 6.31. The highest BCUT2D eigenvalue weighted by Crippen LogP contribution is 2.36. The Morgan fingerprint density at radius 1 is 1.00 bits per heavy atom. The van der Waals surface area contributed by atoms with E-state index in [9.17, 15) is 0 Å². The lowest BCUT2D eigenvalue weighted by Gasteiger charge is -2.01. The van der Waals surface area contributed by atoms with Crippen LogP contribution < -0.4 is 4.74 Å². The van der Waals surface area contributed by atoms with E-state index in [-0.39, 0.29) is 0 Å². The molecule has 27 heavy (non-hydrogen) atoms. The number of halogens is 1. The van der Waals surface area contributed by atoms with Crippen molar-refractivity contribution < 1.29 is 13.8 Å². The van der Waals surface area contributed by atoms with Crippen LogP contribution in [0.3, 0.4) is 0 Å². The van der Waals surface area contributed by atoms with Gasteiger partial charge in [0.2, 0.25) is 0 Å². The molecule has 0 saturated carbocycles. The summed E-state index contributed by atoms with van der Waals surface area (Å²) in [5.41, 5.74) is 3.03. The fourth-order valence-corrected chi connectivity index (χ4v) is 3.04. The minimum atomic E-state index is 0.354. The Labute approximate surface area is 160 Å². The Hall–Kier alpha value is -3.12. The third kappa shape index (κ3) is 3.44. The van der Waals surface area contributed by atoms with Gasteiger partial charge in [0.1, 0.15) is 22.8 Å². The number of ether oxygens (including phenoxy) is 1. The van der Waals surface area contributed by atoms with Gasteiger partial charge in [0.15, 0.2) is 5.82 Å². The van der Waals surface area contributed by atoms with E-state index in [1.54, 1.807) is 20.1 Å². The Morgan fingerprint density at radius 2 is 1.78 bits per heavy atom. The third-order valence-electron chi connectivity index (χ3n) is 4.19. The van der Waals surface area contributed by atoms with Crippen LogP contribution in [0.15, 0.2) is 57.6 Å². The predicted octanol–water partition coefficient (Wildman–Crippen LogP) is 4.95. The SMILES string of the molecule is COc1ccc(Cc2noc(-c3c(-c4ccccc4Cl)noc3C)n2)cc1. The maximum absolute atomic E-state index is 6.31. The van der Waals surface area contributed by atoms with Crippen molar-refractivity contribution in [3.63, 3.8) is 0 Å². The molecule has 0 bridgehead atoms. The second-order valence-electron chi connectivity index (χ2n) is 5.98. The van der Waals surface area contributed by atoms with Crippen LogP contribution in [0, 0.1) is 6.92 Å². The molecule has 0 aliphatic heterocycles. The fraction of sp³-hybridized carbons (Fsp3) is 0.150. The van der Waals surface area contributed by atoms with Crippen molar-refractivity contribution in [1.29, 1.82) is 0 Å². The largest absolute Gasteiger partial charge is 0.497 e. The Morgan fingerprint density at radius 3 is 2.52 bits per heavy atom. The van der Waals surface area contributed by atoms with Gasteiger partial charge in [-0.25, -0.2) is 0 Å². The van der Waals surface area contributed by atoms with E-state index in [4.69, 9.17) is 25.4 Å². The summed E-state index contributed by atoms with van der Waals surface area (Å²) in [5.74, 6) is 2.31. The van der Waals surface area contributed by atoms with Gasteiger partial charge in [-0.3, -0.25) is 0 Å². The lowest BCUT2D eigenvalue weighted by Crippen LogP contribution is -1.92. The molecule has 7 heteroatoms. The topological polar surface area (TPSA) is 74.2 Å². The molecule has 2 aromatic carbocycles. The van der Waals surface area contributed by atoms with E-state index in [0.29, 0.717) is 40.2 Å². The molecule has 2 aromatic heterocycles. The molecule has 0 radical (unpaired) electrons. The molecular weight excluding hydrogens is 366 g/mol. The molecule has 0 aliphatic carbocycles. The number of nitrogens with zero attached hydrogens (tertiary/aromatic N) is 3. The number of aromatic nitrogens is 3. The Bertz CT molecular complexity index is 1070. The zero-order valence-corrected chi connectivity index (χ0v) is 15.5. The summed E-state index contributed by atoms with van der Waals surface area (Å²) in [4.78, 5) is 4.52. The minimum Gasteiger partial charge on any atom is -0.497 e. The lowest BCUT2D eigenvalue weighted by molar-refractivity contribution is 0.397. The summed E-state index contributed by atoms with van der Waals surface area (Å²) < 4.78 is 16.0. The van der Waals surface area contributed by atoms with E-state index in [1.165, 1.54) is 0 Å². The molecule has 2 heterocycles. The van der Waals surface area contributed by atoms with Crippen molar-refractivity contribution in [2.45, 2.75) is 13.3 Å². The van der Waals surface area contributed by atoms with Crippen LogP contribution in [0.2, 0.25) is 5.02 Å². The van der Waals surface area contributed by atoms with Crippen molar-refractivity contribution in [1.82, 2.24) is 15.3 Å². The monoisotopic (exact) mass is 381 g/mol. The first-order valence-corrected chi connectivity index (χ1v) is 8.70. The molecule has 0 unspecified atom stereocenters. The molecule has 6 nitrogen and oxygen atoms in total. The normalized spacial score (nSPS) is 10.9. The van der Waals surface area contributed by atoms with Gasteiger partial charge < -0.3 is 13.8 Å². The van der Waals surface area contributed by atoms with Gasteiger partial charge in [0.05, 0.1) is 12.1 Å². The van der Waals surface area contributed by atoms with Gasteiger partial charge in [-0.2, -0.15) is 4.98 Å². The first-order chi connectivity index (χ1) is 13.2. The van der Waals surface area contributed by atoms with Crippen molar-refractivity contribution >= 4 is 11.6 Å². The zero-order chi connectivity index (χ0) is 18.8. The first-order valence-electron chi connectivity index (χ1n) is 8.33. The van der Waals surface area contributed by atoms with Crippen LogP contribution in [0.5, 0.6) is 5.75 Å². The summed E-state index contributed by atoms with van der Waals surface area (Å²) in [6, 6.07) is 15.1. The average molecular weight is 382 g/mol. The van der Waals surface area contributed by atoms with Crippen molar-refractivity contribution in [2.24, 2.45) is 0 Å². The average Bonchev–Trinajstić information content (AvgIpc) is 3.29. The molecule has 4 aromatic rings. The van der Waals surface area contributed by atoms with Gasteiger partial charge in [-0.05, 0) is 30.7 Å². The molecule has 0 aliphatic rings. The van der Waals surface area contributed by atoms with Crippen LogP contribution in [0.1, 0.15) is 17.1 Å². The fourth-order valence-electron chi connectivity index (χ4n) is 2.81. The predicted molar refractivity (Wildman–Crippen MR) is 101 cm³/mol. The Kier molecular flexibility index (Phi) is 4.64. The number of hydrogen-bond acceptors (Lipinski definition) is 6. The molecule has 0 spiro atoms. The van der Waals surface area contributed by atoms with Crippen molar-refractivity contribution in [2.75, 3.05) is 7.11 Å². The molecule has 0 amide bonds. The van der Waals surface area contributed by atoms with Gasteiger partial charge in [-0.1, -0.05) is 52.2 Å². The Balaban J connectivity index is 1.66. The quantitative estimate of drug-likeness (QED) is 0.486. The van der Waals surface area contributed by atoms with E-state index >= 15 is 0 Å². The van der Waals surface area contributed by atoms with Gasteiger partial charge in [-0.15, -0.1) is 0 Å². The summed E-state index contributed by atoms with van der Waals surface area (Å²) in [5, 5.41) is 8.80. The lowest BCUT2D eigenvalue weighted by atomic mass is 10.1. The summed E-state index contributed by atoms with van der Waals surface area (Å²) in [7, 11) is 1.64. The summed E-state index contributed by atoms with van der Waals surface area (Å²) in [6.45, 7) is 1.80. The van der Waals surface area contributed by atoms with Crippen molar-refractivity contribution in [3.8, 4) is 28.5 Å². The number of aryl methyl sites for hydroxylation is 1. The van der Waals surface area contributed by atoms with E-state index in [2.05, 4.69) is 15.3 Å². The molecular formula is C20H16ClN3O3. The second-order valence-corrected chi connectivity index (χ2v) is 6.39. The van der Waals surface area contributed by atoms with Crippen molar-refractivity contribution in [3.05, 3.63) is 70.7 Å². The van der Waals surface area contributed by atoms with E-state index in [0.717, 1.165) is 16.9 Å². The van der Waals surface area contributed by atoms with Gasteiger partial charge in [0, 0.05) is 12.0 Å². The van der Waals surface area contributed by atoms with Crippen LogP contribution in [0.25, 0.3) is 22.7 Å². The highest BCUT2D eigenvalue weighted by molar-refractivity contribution is 6.33. The number of benzene rings is 2. The van der Waals surface area contributed by atoms with E-state index in [1.807, 2.05) is 42.5 Å². The number of hydrogen-bond donors (Lipinski definition) is 0. The number of rotatable bonds is 5. The number of methoxy groups -OCH3 is 1. The highest BCUT2D eigenvalue weighted by Gasteiger charge is 2.23. The molecule has 0 atom stereocenters. The maximum Gasteiger partial charge on any atom is 0.263 e. The molecule has 136 valence electrons. The highest BCUT2D eigenvalue weighted by atomic mass is 35.5. The van der Waals surface area contributed by atoms with Crippen LogP contribution in [-0.4, -0.2) is 22.4 Å². The van der Waals surface area contributed by atoms with Gasteiger partial charge >= 0.3 is 0 Å². The van der Waals surface area contributed by atoms with Gasteiger partial charge in [0.25, 0.3) is 5.89 Å². The molecule has 4 rings (SSSR count). The maximum atomic E-state index is 6.31. The smallest absolute Gasteiger partial charge is 0.263 e. The zero-order valence-electron chi connectivity index (χ0n) is 14.8. The standard InChI is InChI=1S/C20H16ClN3O3/c1-12-18(19(24-26-12)15-5-3-4-6-16(15)21)20-22-17(23-27-20)11-13-7-9-14(25-2)10-8-13/h3-10H,11H2,1-2H3. The summed E-state index contributed by atoms with van der Waals surface area (Å²) in [6.07, 6.45) is 0.541. The van der Waals surface area contributed by atoms with Crippen LogP contribution >= 0.6 is 11.6 Å². The second kappa shape index (κ2) is 7.25. The molecule has 0 saturated heterocycles. The first kappa shape index (κ1) is 17.3. The molecule has 0 fully saturated rings. The minimum absolute atomic E-state index is 0.354. The van der Waals surface area contributed by atoms with Crippen LogP contribution in [-0.2, 0) is 6.42 Å². The van der Waals surface area contributed by atoms with Crippen LogP contribution in [0.4, 0.5) is 0 Å². The van der Waals surface area contributed by atoms with E-state index < -0.39 is 0 Å².